The lowest BCUT2D eigenvalue weighted by Gasteiger charge is -2.02. The highest BCUT2D eigenvalue weighted by molar-refractivity contribution is 5.85. The van der Waals surface area contributed by atoms with Crippen LogP contribution in [0.2, 0.25) is 0 Å². The molecule has 0 spiro atoms. The number of imidazole rings is 1. The van der Waals surface area contributed by atoms with Gasteiger partial charge in [0.05, 0.1) is 17.4 Å². The van der Waals surface area contributed by atoms with Crippen LogP contribution in [-0.2, 0) is 7.05 Å². The van der Waals surface area contributed by atoms with E-state index in [2.05, 4.69) is 23.2 Å². The summed E-state index contributed by atoms with van der Waals surface area (Å²) in [6.07, 6.45) is 3.13. The number of pyridine rings is 1. The predicted molar refractivity (Wildman–Crippen MR) is 91.4 cm³/mol. The predicted octanol–water partition coefficient (Wildman–Crippen LogP) is 1.30. The topological polar surface area (TPSA) is 126 Å². The fraction of sp³-hybridized carbons (Fsp3) is 0.0625. The van der Waals surface area contributed by atoms with Crippen LogP contribution < -0.4 is 11.5 Å². The standard InChI is InChI=1S/C14H13N5O.2CHN/c1-18-13-12(7-10(8-16-13)9-17-15)19(14(18)20)11-5-3-2-4-6-11;2*1-2/h2-9H,15H2,1H3;2*1H. The molecule has 2 aromatic heterocycles. The first-order valence-corrected chi connectivity index (χ1v) is 6.60. The van der Waals surface area contributed by atoms with Gasteiger partial charge in [-0.3, -0.25) is 9.13 Å². The first kappa shape index (κ1) is 18.1. The van der Waals surface area contributed by atoms with Gasteiger partial charge in [-0.2, -0.15) is 5.10 Å². The Morgan fingerprint density at radius 1 is 1.21 bits per heavy atom. The number of benzene rings is 1. The highest BCUT2D eigenvalue weighted by Crippen LogP contribution is 2.16. The molecule has 3 rings (SSSR count). The molecule has 3 aromatic rings. The summed E-state index contributed by atoms with van der Waals surface area (Å²) < 4.78 is 3.14. The highest BCUT2D eigenvalue weighted by atomic mass is 16.1. The van der Waals surface area contributed by atoms with Gasteiger partial charge in [-0.25, -0.2) is 20.3 Å². The van der Waals surface area contributed by atoms with Crippen molar-refractivity contribution in [1.29, 1.82) is 10.5 Å². The van der Waals surface area contributed by atoms with Gasteiger partial charge in [0.25, 0.3) is 0 Å². The maximum Gasteiger partial charge on any atom is 0.334 e. The lowest BCUT2D eigenvalue weighted by atomic mass is 10.2. The normalized spacial score (nSPS) is 9.71. The van der Waals surface area contributed by atoms with E-state index < -0.39 is 0 Å². The number of para-hydroxylation sites is 1. The SMILES string of the molecule is C#N.C#N.Cn1c(=O)n(-c2ccccc2)c2cc(C=NN)cnc21. The molecule has 0 aliphatic heterocycles. The van der Waals surface area contributed by atoms with Crippen molar-refractivity contribution < 1.29 is 0 Å². The van der Waals surface area contributed by atoms with Crippen molar-refractivity contribution in [1.82, 2.24) is 14.1 Å². The molecule has 1 aromatic carbocycles. The number of hydrazone groups is 1. The minimum absolute atomic E-state index is 0.138. The monoisotopic (exact) mass is 321 g/mol. The second-order valence-electron chi connectivity index (χ2n) is 4.40. The van der Waals surface area contributed by atoms with Crippen LogP contribution >= 0.6 is 0 Å². The van der Waals surface area contributed by atoms with E-state index in [1.807, 2.05) is 36.4 Å². The van der Waals surface area contributed by atoms with Crippen molar-refractivity contribution in [2.45, 2.75) is 0 Å². The van der Waals surface area contributed by atoms with Crippen molar-refractivity contribution in [3.8, 4) is 18.8 Å². The Kier molecular flexibility index (Phi) is 6.43. The molecule has 24 heavy (non-hydrogen) atoms. The Hall–Kier alpha value is -3.91. The minimum atomic E-state index is -0.138. The molecule has 8 nitrogen and oxygen atoms in total. The van der Waals surface area contributed by atoms with Crippen molar-refractivity contribution in [3.63, 3.8) is 0 Å². The third-order valence-electron chi connectivity index (χ3n) is 3.14. The zero-order valence-electron chi connectivity index (χ0n) is 12.9. The van der Waals surface area contributed by atoms with Crippen LogP contribution in [0.25, 0.3) is 16.9 Å². The summed E-state index contributed by atoms with van der Waals surface area (Å²) in [7, 11) is 1.70. The summed E-state index contributed by atoms with van der Waals surface area (Å²) in [5.74, 6) is 5.16. The maximum atomic E-state index is 12.4. The van der Waals surface area contributed by atoms with Gasteiger partial charge in [-0.15, -0.1) is 0 Å². The molecule has 0 unspecified atom stereocenters. The lowest BCUT2D eigenvalue weighted by Crippen LogP contribution is -2.20. The van der Waals surface area contributed by atoms with Gasteiger partial charge in [-0.05, 0) is 18.2 Å². The van der Waals surface area contributed by atoms with Gasteiger partial charge in [-0.1, -0.05) is 18.2 Å². The molecule has 0 fully saturated rings. The van der Waals surface area contributed by atoms with Gasteiger partial charge in [0.1, 0.15) is 0 Å². The maximum absolute atomic E-state index is 12.4. The van der Waals surface area contributed by atoms with Crippen LogP contribution in [0.5, 0.6) is 0 Å². The number of hydrogen-bond acceptors (Lipinski definition) is 6. The molecule has 120 valence electrons. The fourth-order valence-corrected chi connectivity index (χ4v) is 2.21. The smallest absolute Gasteiger partial charge is 0.323 e. The van der Waals surface area contributed by atoms with E-state index in [1.54, 1.807) is 17.8 Å². The number of aromatic nitrogens is 3. The summed E-state index contributed by atoms with van der Waals surface area (Å²) in [5.41, 5.74) is 2.75. The molecule has 0 aliphatic rings. The van der Waals surface area contributed by atoms with Crippen molar-refractivity contribution >= 4 is 17.4 Å². The van der Waals surface area contributed by atoms with Crippen LogP contribution in [0, 0.1) is 23.7 Å². The number of nitriles is 2. The number of hydrogen-bond donors (Lipinski definition) is 1. The van der Waals surface area contributed by atoms with E-state index in [9.17, 15) is 4.79 Å². The zero-order valence-corrected chi connectivity index (χ0v) is 12.9. The summed E-state index contributed by atoms with van der Waals surface area (Å²) in [6.45, 7) is 7.00. The molecular formula is C16H15N7O. The quantitative estimate of drug-likeness (QED) is 0.432. The van der Waals surface area contributed by atoms with Crippen molar-refractivity contribution in [2.75, 3.05) is 0 Å². The number of nitrogens with zero attached hydrogens (tertiary/aromatic N) is 6. The first-order valence-electron chi connectivity index (χ1n) is 6.60. The lowest BCUT2D eigenvalue weighted by molar-refractivity contribution is 0.839. The molecule has 0 aliphatic carbocycles. The van der Waals surface area contributed by atoms with Gasteiger partial charge < -0.3 is 5.84 Å². The Morgan fingerprint density at radius 3 is 2.42 bits per heavy atom. The summed E-state index contributed by atoms with van der Waals surface area (Å²) in [6, 6.07) is 11.3. The van der Waals surface area contributed by atoms with Gasteiger partial charge in [0.2, 0.25) is 0 Å². The molecule has 0 bridgehead atoms. The third kappa shape index (κ3) is 3.29. The van der Waals surface area contributed by atoms with Crippen LogP contribution in [0.4, 0.5) is 0 Å². The van der Waals surface area contributed by atoms with Gasteiger partial charge in [0, 0.05) is 32.0 Å². The first-order chi connectivity index (χ1) is 11.7. The number of nitrogens with two attached hydrogens (primary N) is 1. The third-order valence-corrected chi connectivity index (χ3v) is 3.14. The summed E-state index contributed by atoms with van der Waals surface area (Å²) in [5, 5.41) is 16.5. The van der Waals surface area contributed by atoms with Crippen LogP contribution in [0.3, 0.4) is 0 Å². The van der Waals surface area contributed by atoms with E-state index in [0.29, 0.717) is 5.65 Å². The molecule has 0 amide bonds. The summed E-state index contributed by atoms with van der Waals surface area (Å²) in [4.78, 5) is 16.7. The average molecular weight is 321 g/mol. The van der Waals surface area contributed by atoms with Crippen LogP contribution in [-0.4, -0.2) is 20.3 Å². The van der Waals surface area contributed by atoms with Crippen LogP contribution in [0.1, 0.15) is 5.56 Å². The average Bonchev–Trinajstić information content (AvgIpc) is 2.90. The molecule has 0 radical (unpaired) electrons. The molecule has 2 N–H and O–H groups in total. The van der Waals surface area contributed by atoms with E-state index in [0.717, 1.165) is 16.8 Å². The second kappa shape index (κ2) is 8.51. The Morgan fingerprint density at radius 2 is 1.83 bits per heavy atom. The van der Waals surface area contributed by atoms with E-state index >= 15 is 0 Å². The molecule has 0 saturated heterocycles. The Bertz CT molecular complexity index is 927. The van der Waals surface area contributed by atoms with Crippen molar-refractivity contribution in [2.24, 2.45) is 18.0 Å². The molecule has 2 heterocycles. The number of fused-ring (bicyclic) bond motifs is 1. The van der Waals surface area contributed by atoms with Crippen LogP contribution in [0.15, 0.2) is 52.5 Å². The van der Waals surface area contributed by atoms with E-state index in [4.69, 9.17) is 16.4 Å². The molecule has 0 atom stereocenters. The Labute approximate surface area is 138 Å². The largest absolute Gasteiger partial charge is 0.334 e. The van der Waals surface area contributed by atoms with Gasteiger partial charge >= 0.3 is 5.69 Å². The molecule has 0 saturated carbocycles. The highest BCUT2D eigenvalue weighted by Gasteiger charge is 2.13. The number of aryl methyl sites for hydroxylation is 1. The van der Waals surface area contributed by atoms with E-state index in [1.165, 1.54) is 10.8 Å². The van der Waals surface area contributed by atoms with Gasteiger partial charge in [0.15, 0.2) is 5.65 Å². The van der Waals surface area contributed by atoms with Crippen molar-refractivity contribution in [3.05, 3.63) is 58.6 Å². The Balaban J connectivity index is 0.000000671. The molecule has 8 heteroatoms. The zero-order chi connectivity index (χ0) is 18.1. The fourth-order valence-electron chi connectivity index (χ4n) is 2.21. The summed E-state index contributed by atoms with van der Waals surface area (Å²) >= 11 is 0. The van der Waals surface area contributed by atoms with E-state index in [-0.39, 0.29) is 5.69 Å². The number of rotatable bonds is 2. The molecular weight excluding hydrogens is 306 g/mol. The minimum Gasteiger partial charge on any atom is -0.323 e. The second-order valence-corrected chi connectivity index (χ2v) is 4.40.